The summed E-state index contributed by atoms with van der Waals surface area (Å²) in [5.41, 5.74) is 1.18. The molecular formula is C23H26N4O4S3. The van der Waals surface area contributed by atoms with Crippen molar-refractivity contribution < 1.29 is 17.9 Å². The van der Waals surface area contributed by atoms with Crippen LogP contribution >= 0.6 is 23.1 Å². The maximum absolute atomic E-state index is 13.6. The van der Waals surface area contributed by atoms with Gasteiger partial charge in [-0.25, -0.2) is 8.42 Å². The van der Waals surface area contributed by atoms with Crippen LogP contribution in [0.15, 0.2) is 57.8 Å². The summed E-state index contributed by atoms with van der Waals surface area (Å²) in [6.45, 7) is 8.00. The van der Waals surface area contributed by atoms with Crippen molar-refractivity contribution >= 4 is 49.8 Å². The smallest absolute Gasteiger partial charge is 0.269 e. The summed E-state index contributed by atoms with van der Waals surface area (Å²) in [6.07, 6.45) is -1.06. The molecule has 0 fully saturated rings. The van der Waals surface area contributed by atoms with E-state index in [9.17, 15) is 13.2 Å². The van der Waals surface area contributed by atoms with Gasteiger partial charge in [0.2, 0.25) is 5.13 Å². The van der Waals surface area contributed by atoms with Crippen molar-refractivity contribution in [3.63, 3.8) is 0 Å². The maximum atomic E-state index is 13.6. The van der Waals surface area contributed by atoms with Crippen molar-refractivity contribution in [2.24, 2.45) is 0 Å². The number of thioether (sulfide) groups is 1. The monoisotopic (exact) mass is 518 g/mol. The number of hydrogen-bond donors (Lipinski definition) is 1. The summed E-state index contributed by atoms with van der Waals surface area (Å²) in [4.78, 5) is 13.2. The van der Waals surface area contributed by atoms with Crippen molar-refractivity contribution in [1.82, 2.24) is 10.2 Å². The molecule has 0 spiro atoms. The first-order valence-electron chi connectivity index (χ1n) is 10.8. The molecule has 1 N–H and O–H groups in total. The van der Waals surface area contributed by atoms with Gasteiger partial charge in [0.25, 0.3) is 15.9 Å². The van der Waals surface area contributed by atoms with Gasteiger partial charge in [0.1, 0.15) is 5.75 Å². The van der Waals surface area contributed by atoms with Crippen molar-refractivity contribution in [3.05, 3.63) is 54.1 Å². The van der Waals surface area contributed by atoms with E-state index in [0.717, 1.165) is 15.7 Å². The Hall–Kier alpha value is -2.63. The third-order valence-corrected chi connectivity index (χ3v) is 8.87. The molecule has 1 aliphatic rings. The highest BCUT2D eigenvalue weighted by Gasteiger charge is 2.38. The fourth-order valence-corrected chi connectivity index (χ4v) is 6.57. The molecule has 1 amide bonds. The standard InChI is InChI=1S/C23H26N4O4S3/c1-5-32-22-26-25-21(33-22)24-20(28)19-14-27(34(29,30)16-9-7-6-8-10-16)17-13-15(23(2,3)4)11-12-18(17)31-19/h6-13,19H,5,14H2,1-4H3,(H,24,25,28)/t19-/m0/s1. The number of carbonyl (C=O) groups excluding carboxylic acids is 1. The summed E-state index contributed by atoms with van der Waals surface area (Å²) in [6, 6.07) is 13.6. The molecule has 180 valence electrons. The second-order valence-corrected chi connectivity index (χ2v) is 13.0. The highest BCUT2D eigenvalue weighted by Crippen LogP contribution is 2.40. The van der Waals surface area contributed by atoms with Gasteiger partial charge in [-0.05, 0) is 41.0 Å². The number of aromatic nitrogens is 2. The predicted molar refractivity (Wildman–Crippen MR) is 135 cm³/mol. The van der Waals surface area contributed by atoms with Crippen molar-refractivity contribution in [2.75, 3.05) is 21.9 Å². The van der Waals surface area contributed by atoms with E-state index in [2.05, 4.69) is 36.3 Å². The Kier molecular flexibility index (Phi) is 6.88. The van der Waals surface area contributed by atoms with Crippen LogP contribution < -0.4 is 14.4 Å². The number of benzene rings is 2. The van der Waals surface area contributed by atoms with Crippen LogP contribution in [0, 0.1) is 0 Å². The van der Waals surface area contributed by atoms with E-state index >= 15 is 0 Å². The van der Waals surface area contributed by atoms with Crippen LogP contribution in [0.25, 0.3) is 0 Å². The molecule has 0 saturated heterocycles. The number of fused-ring (bicyclic) bond motifs is 1. The van der Waals surface area contributed by atoms with Gasteiger partial charge in [0.05, 0.1) is 17.1 Å². The van der Waals surface area contributed by atoms with Gasteiger partial charge < -0.3 is 4.74 Å². The van der Waals surface area contributed by atoms with E-state index in [0.29, 0.717) is 16.6 Å². The number of hydrogen-bond acceptors (Lipinski definition) is 8. The Balaban J connectivity index is 1.69. The van der Waals surface area contributed by atoms with E-state index < -0.39 is 22.0 Å². The first-order chi connectivity index (χ1) is 16.1. The van der Waals surface area contributed by atoms with Crippen LogP contribution in [0.4, 0.5) is 10.8 Å². The predicted octanol–water partition coefficient (Wildman–Crippen LogP) is 4.54. The first kappa shape index (κ1) is 24.5. The summed E-state index contributed by atoms with van der Waals surface area (Å²) in [5.74, 6) is 0.690. The van der Waals surface area contributed by atoms with Gasteiger partial charge in [0, 0.05) is 0 Å². The van der Waals surface area contributed by atoms with E-state index in [4.69, 9.17) is 4.74 Å². The molecule has 8 nitrogen and oxygen atoms in total. The molecule has 0 radical (unpaired) electrons. The van der Waals surface area contributed by atoms with Gasteiger partial charge in [-0.2, -0.15) is 0 Å². The Labute approximate surface area is 207 Å². The zero-order valence-electron chi connectivity index (χ0n) is 19.3. The number of ether oxygens (including phenoxy) is 1. The van der Waals surface area contributed by atoms with E-state index in [1.807, 2.05) is 19.1 Å². The SMILES string of the molecule is CCSc1nnc(NC(=O)[C@@H]2CN(S(=O)(=O)c3ccccc3)c3cc(C(C)(C)C)ccc3O2)s1. The number of carbonyl (C=O) groups is 1. The minimum Gasteiger partial charge on any atom is -0.476 e. The third-order valence-electron chi connectivity index (χ3n) is 5.22. The zero-order chi connectivity index (χ0) is 24.5. The fourth-order valence-electron chi connectivity index (χ4n) is 3.43. The van der Waals surface area contributed by atoms with Gasteiger partial charge in [-0.1, -0.05) is 75.1 Å². The molecule has 1 atom stereocenters. The highest BCUT2D eigenvalue weighted by molar-refractivity contribution is 8.01. The molecule has 1 aromatic heterocycles. The molecule has 2 aromatic carbocycles. The number of amides is 1. The molecule has 0 aliphatic carbocycles. The molecule has 4 rings (SSSR count). The van der Waals surface area contributed by atoms with Gasteiger partial charge in [-0.3, -0.25) is 14.4 Å². The molecule has 0 bridgehead atoms. The van der Waals surface area contributed by atoms with Crippen molar-refractivity contribution in [3.8, 4) is 5.75 Å². The minimum atomic E-state index is -3.94. The third kappa shape index (κ3) is 5.06. The largest absolute Gasteiger partial charge is 0.476 e. The maximum Gasteiger partial charge on any atom is 0.269 e. The van der Waals surface area contributed by atoms with Gasteiger partial charge in [-0.15, -0.1) is 10.2 Å². The average Bonchev–Trinajstić information content (AvgIpc) is 3.24. The summed E-state index contributed by atoms with van der Waals surface area (Å²) >= 11 is 2.79. The Bertz CT molecular complexity index is 1290. The second kappa shape index (κ2) is 9.55. The number of anilines is 2. The van der Waals surface area contributed by atoms with Crippen LogP contribution in [0.3, 0.4) is 0 Å². The van der Waals surface area contributed by atoms with Crippen molar-refractivity contribution in [2.45, 2.75) is 48.4 Å². The Morgan fingerprint density at radius 3 is 2.62 bits per heavy atom. The van der Waals surface area contributed by atoms with E-state index in [1.54, 1.807) is 36.4 Å². The van der Waals surface area contributed by atoms with Crippen LogP contribution in [0.2, 0.25) is 0 Å². The second-order valence-electron chi connectivity index (χ2n) is 8.68. The normalized spacial score (nSPS) is 16.0. The molecule has 11 heteroatoms. The molecule has 0 unspecified atom stereocenters. The number of nitrogens with one attached hydrogen (secondary N) is 1. The molecule has 0 saturated carbocycles. The van der Waals surface area contributed by atoms with Gasteiger partial charge >= 0.3 is 0 Å². The van der Waals surface area contributed by atoms with Gasteiger partial charge in [0.15, 0.2) is 10.4 Å². The van der Waals surface area contributed by atoms with Crippen LogP contribution in [0.1, 0.15) is 33.3 Å². The minimum absolute atomic E-state index is 0.147. The Morgan fingerprint density at radius 2 is 1.94 bits per heavy atom. The number of sulfonamides is 1. The molecule has 1 aliphatic heterocycles. The summed E-state index contributed by atoms with van der Waals surface area (Å²) < 4.78 is 35.2. The fraction of sp³-hybridized carbons (Fsp3) is 0.348. The lowest BCUT2D eigenvalue weighted by molar-refractivity contribution is -0.122. The number of nitrogens with zero attached hydrogens (tertiary/aromatic N) is 3. The molecule has 2 heterocycles. The van der Waals surface area contributed by atoms with E-state index in [-0.39, 0.29) is 16.9 Å². The zero-order valence-corrected chi connectivity index (χ0v) is 21.8. The van der Waals surface area contributed by atoms with E-state index in [1.165, 1.54) is 27.4 Å². The highest BCUT2D eigenvalue weighted by atomic mass is 32.2. The lowest BCUT2D eigenvalue weighted by atomic mass is 9.86. The lowest BCUT2D eigenvalue weighted by Gasteiger charge is -2.35. The number of rotatable bonds is 6. The Morgan fingerprint density at radius 1 is 1.21 bits per heavy atom. The topological polar surface area (TPSA) is 101 Å². The molecular weight excluding hydrogens is 492 g/mol. The van der Waals surface area contributed by atoms with Crippen LogP contribution in [0.5, 0.6) is 5.75 Å². The average molecular weight is 519 g/mol. The van der Waals surface area contributed by atoms with Crippen LogP contribution in [-0.2, 0) is 20.2 Å². The molecule has 34 heavy (non-hydrogen) atoms. The van der Waals surface area contributed by atoms with Crippen molar-refractivity contribution in [1.29, 1.82) is 0 Å². The summed E-state index contributed by atoms with van der Waals surface area (Å²) in [5, 5.41) is 11.1. The lowest BCUT2D eigenvalue weighted by Crippen LogP contribution is -2.49. The first-order valence-corrected chi connectivity index (χ1v) is 14.0. The van der Waals surface area contributed by atoms with Crippen LogP contribution in [-0.4, -0.2) is 42.9 Å². The summed E-state index contributed by atoms with van der Waals surface area (Å²) in [7, 11) is -3.94. The quantitative estimate of drug-likeness (QED) is 0.377. The molecule has 3 aromatic rings.